The van der Waals surface area contributed by atoms with Crippen molar-refractivity contribution in [2.45, 2.75) is 52.2 Å². The van der Waals surface area contributed by atoms with Gasteiger partial charge in [0, 0.05) is 11.8 Å². The average Bonchev–Trinajstić information content (AvgIpc) is 2.91. The first-order valence-electron chi connectivity index (χ1n) is 9.01. The van der Waals surface area contributed by atoms with E-state index in [-0.39, 0.29) is 0 Å². The molecule has 2 aliphatic carbocycles. The largest absolute Gasteiger partial charge is 0.491 e. The predicted octanol–water partition coefficient (Wildman–Crippen LogP) is 2.08. The van der Waals surface area contributed by atoms with Crippen LogP contribution in [0, 0.1) is 28.1 Å². The Labute approximate surface area is 144 Å². The van der Waals surface area contributed by atoms with Gasteiger partial charge in [-0.1, -0.05) is 20.8 Å². The molecule has 2 fully saturated rings. The summed E-state index contributed by atoms with van der Waals surface area (Å²) in [6.07, 6.45) is 3.46. The lowest BCUT2D eigenvalue weighted by Gasteiger charge is -2.37. The molecule has 0 aliphatic heterocycles. The number of hydrogen-bond donors (Lipinski definition) is 2. The number of quaternary nitrogens is 1. The van der Waals surface area contributed by atoms with Crippen LogP contribution in [0.25, 0.3) is 0 Å². The van der Waals surface area contributed by atoms with Crippen molar-refractivity contribution in [3.8, 4) is 11.8 Å². The summed E-state index contributed by atoms with van der Waals surface area (Å²) in [5, 5.41) is 21.4. The van der Waals surface area contributed by atoms with Crippen molar-refractivity contribution in [2.75, 3.05) is 13.2 Å². The summed E-state index contributed by atoms with van der Waals surface area (Å²) in [6, 6.07) is 9.69. The van der Waals surface area contributed by atoms with Crippen molar-refractivity contribution in [1.29, 1.82) is 5.26 Å². The Morgan fingerprint density at radius 1 is 1.33 bits per heavy atom. The minimum atomic E-state index is -0.480. The fourth-order valence-corrected chi connectivity index (χ4v) is 4.83. The maximum atomic E-state index is 10.2. The number of nitriles is 1. The number of aliphatic hydroxyl groups is 1. The standard InChI is InChI=1S/C20H28N2O2/c1-19(2)15-8-9-20(19,3)18(10-15)22-12-16(23)13-24-17-6-4-14(11-21)5-7-17/h4-7,15-16,18,22-23H,8-10,12-13H2,1-3H3/p+1/t15-,16+,18-,20-/m1/s1. The summed E-state index contributed by atoms with van der Waals surface area (Å²) in [5.74, 6) is 1.52. The molecule has 0 aromatic heterocycles. The molecule has 0 amide bonds. The normalized spacial score (nSPS) is 31.6. The maximum absolute atomic E-state index is 10.2. The second-order valence-electron chi connectivity index (χ2n) is 8.29. The summed E-state index contributed by atoms with van der Waals surface area (Å²) in [7, 11) is 0. The minimum Gasteiger partial charge on any atom is -0.491 e. The fourth-order valence-electron chi connectivity index (χ4n) is 4.83. The van der Waals surface area contributed by atoms with Crippen LogP contribution in [0.1, 0.15) is 45.6 Å². The van der Waals surface area contributed by atoms with Crippen LogP contribution in [0.15, 0.2) is 24.3 Å². The molecule has 3 rings (SSSR count). The number of ether oxygens (including phenoxy) is 1. The molecule has 4 heteroatoms. The monoisotopic (exact) mass is 329 g/mol. The van der Waals surface area contributed by atoms with E-state index < -0.39 is 6.10 Å². The van der Waals surface area contributed by atoms with Crippen LogP contribution < -0.4 is 10.1 Å². The zero-order chi connectivity index (χ0) is 17.4. The third-order valence-electron chi connectivity index (χ3n) is 6.98. The van der Waals surface area contributed by atoms with Crippen molar-refractivity contribution in [3.05, 3.63) is 29.8 Å². The Morgan fingerprint density at radius 3 is 2.58 bits per heavy atom. The summed E-state index contributed by atoms with van der Waals surface area (Å²) >= 11 is 0. The molecule has 2 aliphatic rings. The van der Waals surface area contributed by atoms with Gasteiger partial charge in [-0.25, -0.2) is 0 Å². The van der Waals surface area contributed by atoms with E-state index >= 15 is 0 Å². The van der Waals surface area contributed by atoms with Crippen LogP contribution in [-0.2, 0) is 0 Å². The zero-order valence-electron chi connectivity index (χ0n) is 15.0. The molecule has 130 valence electrons. The number of nitrogens with two attached hydrogens (primary N) is 1. The van der Waals surface area contributed by atoms with Gasteiger partial charge in [0.25, 0.3) is 0 Å². The highest BCUT2D eigenvalue weighted by molar-refractivity contribution is 5.34. The smallest absolute Gasteiger partial charge is 0.137 e. The lowest BCUT2D eigenvalue weighted by molar-refractivity contribution is -0.707. The van der Waals surface area contributed by atoms with E-state index in [0.717, 1.165) is 5.92 Å². The lowest BCUT2D eigenvalue weighted by Crippen LogP contribution is -2.94. The van der Waals surface area contributed by atoms with E-state index in [1.54, 1.807) is 24.3 Å². The Hall–Kier alpha value is -1.57. The molecule has 24 heavy (non-hydrogen) atoms. The Balaban J connectivity index is 1.46. The van der Waals surface area contributed by atoms with E-state index in [9.17, 15) is 5.11 Å². The van der Waals surface area contributed by atoms with Gasteiger partial charge < -0.3 is 15.2 Å². The molecule has 0 unspecified atom stereocenters. The van der Waals surface area contributed by atoms with Gasteiger partial charge in [0.05, 0.1) is 17.7 Å². The van der Waals surface area contributed by atoms with Gasteiger partial charge in [0.1, 0.15) is 25.0 Å². The van der Waals surface area contributed by atoms with E-state index in [0.29, 0.717) is 41.3 Å². The van der Waals surface area contributed by atoms with Crippen molar-refractivity contribution >= 4 is 0 Å². The van der Waals surface area contributed by atoms with Crippen LogP contribution in [0.2, 0.25) is 0 Å². The Bertz CT molecular complexity index is 620. The van der Waals surface area contributed by atoms with Crippen molar-refractivity contribution in [2.24, 2.45) is 16.7 Å². The van der Waals surface area contributed by atoms with E-state index in [1.165, 1.54) is 19.3 Å². The number of aliphatic hydroxyl groups excluding tert-OH is 1. The van der Waals surface area contributed by atoms with Gasteiger partial charge in [-0.3, -0.25) is 0 Å². The molecule has 2 saturated carbocycles. The Kier molecular flexibility index (Phi) is 4.59. The summed E-state index contributed by atoms with van der Waals surface area (Å²) in [4.78, 5) is 0. The summed E-state index contributed by atoms with van der Waals surface area (Å²) in [6.45, 7) is 8.24. The summed E-state index contributed by atoms with van der Waals surface area (Å²) in [5.41, 5.74) is 1.41. The van der Waals surface area contributed by atoms with Gasteiger partial charge in [0.15, 0.2) is 0 Å². The maximum Gasteiger partial charge on any atom is 0.137 e. The van der Waals surface area contributed by atoms with Gasteiger partial charge in [-0.15, -0.1) is 0 Å². The molecule has 0 radical (unpaired) electrons. The molecule has 2 bridgehead atoms. The SMILES string of the molecule is CC1(C)[C@@H]2CC[C@]1(C)[C@H]([NH2+]C[C@H](O)COc1ccc(C#N)cc1)C2. The molecule has 0 saturated heterocycles. The second-order valence-corrected chi connectivity index (χ2v) is 8.29. The van der Waals surface area contributed by atoms with Gasteiger partial charge in [0.2, 0.25) is 0 Å². The highest BCUT2D eigenvalue weighted by atomic mass is 16.5. The van der Waals surface area contributed by atoms with Crippen molar-refractivity contribution in [3.63, 3.8) is 0 Å². The molecule has 1 aromatic carbocycles. The molecule has 3 N–H and O–H groups in total. The van der Waals surface area contributed by atoms with Gasteiger partial charge in [-0.2, -0.15) is 5.26 Å². The van der Waals surface area contributed by atoms with Crippen LogP contribution in [0.5, 0.6) is 5.75 Å². The topological polar surface area (TPSA) is 69.9 Å². The first-order valence-corrected chi connectivity index (χ1v) is 9.01. The number of fused-ring (bicyclic) bond motifs is 2. The van der Waals surface area contributed by atoms with Crippen LogP contribution >= 0.6 is 0 Å². The first-order chi connectivity index (χ1) is 11.4. The lowest BCUT2D eigenvalue weighted by atomic mass is 9.69. The molecule has 0 heterocycles. The molecular weight excluding hydrogens is 300 g/mol. The third-order valence-corrected chi connectivity index (χ3v) is 6.98. The Morgan fingerprint density at radius 2 is 2.04 bits per heavy atom. The van der Waals surface area contributed by atoms with Gasteiger partial charge >= 0.3 is 0 Å². The number of hydrogen-bond acceptors (Lipinski definition) is 3. The van der Waals surface area contributed by atoms with Crippen molar-refractivity contribution < 1.29 is 15.2 Å². The number of rotatable bonds is 6. The predicted molar refractivity (Wildman–Crippen MR) is 92.5 cm³/mol. The minimum absolute atomic E-state index is 0.290. The molecule has 1 aromatic rings. The number of benzene rings is 1. The highest BCUT2D eigenvalue weighted by Crippen LogP contribution is 2.64. The van der Waals surface area contributed by atoms with Crippen LogP contribution in [0.4, 0.5) is 0 Å². The van der Waals surface area contributed by atoms with E-state index in [4.69, 9.17) is 10.00 Å². The third kappa shape index (κ3) is 2.92. The zero-order valence-corrected chi connectivity index (χ0v) is 15.0. The second kappa shape index (κ2) is 6.38. The van der Waals surface area contributed by atoms with Gasteiger partial charge in [-0.05, 0) is 48.4 Å². The fraction of sp³-hybridized carbons (Fsp3) is 0.650. The summed E-state index contributed by atoms with van der Waals surface area (Å²) < 4.78 is 5.63. The molecule has 4 nitrogen and oxygen atoms in total. The molecule has 4 atom stereocenters. The first kappa shape index (κ1) is 17.3. The van der Waals surface area contributed by atoms with Crippen molar-refractivity contribution in [1.82, 2.24) is 0 Å². The highest BCUT2D eigenvalue weighted by Gasteiger charge is 2.63. The van der Waals surface area contributed by atoms with Crippen LogP contribution in [0.3, 0.4) is 0 Å². The van der Waals surface area contributed by atoms with E-state index in [1.807, 2.05) is 0 Å². The average molecular weight is 329 g/mol. The molecule has 0 spiro atoms. The quantitative estimate of drug-likeness (QED) is 0.839. The number of nitrogens with zero attached hydrogens (tertiary/aromatic N) is 1. The van der Waals surface area contributed by atoms with E-state index in [2.05, 4.69) is 32.2 Å². The molecular formula is C20H29N2O2+. The van der Waals surface area contributed by atoms with Crippen LogP contribution in [-0.4, -0.2) is 30.4 Å².